The zero-order valence-corrected chi connectivity index (χ0v) is 17.5. The number of urea groups is 1. The summed E-state index contributed by atoms with van der Waals surface area (Å²) in [6.45, 7) is 4.79. The minimum atomic E-state index is -1.16. The van der Waals surface area contributed by atoms with Crippen molar-refractivity contribution in [3.63, 3.8) is 0 Å². The van der Waals surface area contributed by atoms with Gasteiger partial charge in [-0.1, -0.05) is 60.7 Å². The standard InChI is InChI=1S/C23H29N5O2/c1-17(2)26-22(30)25-15-9-10-16-28-20(29)23(27-21(28)24,18-11-5-3-6-12-18)19-13-7-4-8-14-19/h3-8,11-14,17H,9-10,15-16H2,1-2H3,(H2,24,27)(H2,25,26,30). The van der Waals surface area contributed by atoms with Gasteiger partial charge in [0.25, 0.3) is 5.91 Å². The lowest BCUT2D eigenvalue weighted by Crippen LogP contribution is -2.44. The summed E-state index contributed by atoms with van der Waals surface area (Å²) in [7, 11) is 0. The van der Waals surface area contributed by atoms with Crippen LogP contribution in [-0.4, -0.2) is 41.9 Å². The molecule has 0 bridgehead atoms. The fourth-order valence-corrected chi connectivity index (χ4v) is 3.61. The lowest BCUT2D eigenvalue weighted by molar-refractivity contribution is -0.130. The summed E-state index contributed by atoms with van der Waals surface area (Å²) in [6, 6.07) is 18.9. The van der Waals surface area contributed by atoms with E-state index in [1.807, 2.05) is 74.5 Å². The first kappa shape index (κ1) is 21.4. The third-order valence-corrected chi connectivity index (χ3v) is 5.01. The highest BCUT2D eigenvalue weighted by Gasteiger charge is 2.50. The molecule has 1 aliphatic rings. The van der Waals surface area contributed by atoms with Crippen LogP contribution >= 0.6 is 0 Å². The van der Waals surface area contributed by atoms with Gasteiger partial charge < -0.3 is 16.4 Å². The van der Waals surface area contributed by atoms with E-state index in [1.165, 1.54) is 0 Å². The first-order chi connectivity index (χ1) is 14.4. The van der Waals surface area contributed by atoms with Crippen LogP contribution in [-0.2, 0) is 10.3 Å². The molecule has 0 radical (unpaired) electrons. The Labute approximate surface area is 177 Å². The van der Waals surface area contributed by atoms with E-state index in [0.29, 0.717) is 19.5 Å². The van der Waals surface area contributed by atoms with Crippen LogP contribution in [0.1, 0.15) is 37.8 Å². The molecule has 0 unspecified atom stereocenters. The van der Waals surface area contributed by atoms with Crippen LogP contribution < -0.4 is 16.4 Å². The Hall–Kier alpha value is -3.35. The van der Waals surface area contributed by atoms with Crippen molar-refractivity contribution >= 4 is 17.9 Å². The lowest BCUT2D eigenvalue weighted by Gasteiger charge is -2.27. The van der Waals surface area contributed by atoms with Gasteiger partial charge >= 0.3 is 6.03 Å². The number of nitrogens with zero attached hydrogens (tertiary/aromatic N) is 2. The lowest BCUT2D eigenvalue weighted by atomic mass is 9.83. The largest absolute Gasteiger partial charge is 0.369 e. The Morgan fingerprint density at radius 1 is 1.03 bits per heavy atom. The maximum Gasteiger partial charge on any atom is 0.314 e. The topological polar surface area (TPSA) is 99.8 Å². The molecule has 0 aromatic heterocycles. The number of carbonyl (C=O) groups is 2. The number of hydrogen-bond donors (Lipinski definition) is 3. The van der Waals surface area contributed by atoms with E-state index in [-0.39, 0.29) is 23.9 Å². The highest BCUT2D eigenvalue weighted by atomic mass is 16.2. The first-order valence-electron chi connectivity index (χ1n) is 10.3. The van der Waals surface area contributed by atoms with Gasteiger partial charge in [-0.2, -0.15) is 0 Å². The number of nitrogens with two attached hydrogens (primary N) is 1. The van der Waals surface area contributed by atoms with Gasteiger partial charge in [0.2, 0.25) is 0 Å². The number of unbranched alkanes of at least 4 members (excludes halogenated alkanes) is 1. The number of rotatable bonds is 8. The van der Waals surface area contributed by atoms with Crippen molar-refractivity contribution in [2.24, 2.45) is 10.7 Å². The van der Waals surface area contributed by atoms with Gasteiger partial charge in [-0.3, -0.25) is 9.69 Å². The third kappa shape index (κ3) is 4.45. The number of amides is 3. The molecule has 7 nitrogen and oxygen atoms in total. The van der Waals surface area contributed by atoms with Crippen LogP contribution in [0.25, 0.3) is 0 Å². The molecule has 3 rings (SSSR count). The molecule has 30 heavy (non-hydrogen) atoms. The molecule has 1 aliphatic heterocycles. The highest BCUT2D eigenvalue weighted by molar-refractivity contribution is 6.09. The molecule has 0 fully saturated rings. The fraction of sp³-hybridized carbons (Fsp3) is 0.348. The molecule has 0 aliphatic carbocycles. The summed E-state index contributed by atoms with van der Waals surface area (Å²) < 4.78 is 0. The van der Waals surface area contributed by atoms with Crippen LogP contribution in [0.15, 0.2) is 65.7 Å². The molecule has 4 N–H and O–H groups in total. The summed E-state index contributed by atoms with van der Waals surface area (Å²) in [5.41, 5.74) is 6.63. The second-order valence-electron chi connectivity index (χ2n) is 7.63. The maximum absolute atomic E-state index is 13.6. The Morgan fingerprint density at radius 3 is 2.13 bits per heavy atom. The predicted octanol–water partition coefficient (Wildman–Crippen LogP) is 2.57. The minimum Gasteiger partial charge on any atom is -0.369 e. The van der Waals surface area contributed by atoms with Crippen molar-refractivity contribution in [2.45, 2.75) is 38.3 Å². The maximum atomic E-state index is 13.6. The van der Waals surface area contributed by atoms with E-state index in [0.717, 1.165) is 17.5 Å². The second kappa shape index (κ2) is 9.43. The van der Waals surface area contributed by atoms with Crippen LogP contribution in [0.4, 0.5) is 4.79 Å². The van der Waals surface area contributed by atoms with Crippen LogP contribution in [0.3, 0.4) is 0 Å². The van der Waals surface area contributed by atoms with E-state index < -0.39 is 5.54 Å². The summed E-state index contributed by atoms with van der Waals surface area (Å²) in [4.78, 5) is 31.5. The number of guanidine groups is 1. The summed E-state index contributed by atoms with van der Waals surface area (Å²) in [5, 5.41) is 5.60. The van der Waals surface area contributed by atoms with Crippen molar-refractivity contribution < 1.29 is 9.59 Å². The van der Waals surface area contributed by atoms with Crippen molar-refractivity contribution in [3.05, 3.63) is 71.8 Å². The van der Waals surface area contributed by atoms with Gasteiger partial charge in [-0.25, -0.2) is 9.79 Å². The first-order valence-corrected chi connectivity index (χ1v) is 10.3. The number of benzene rings is 2. The number of carbonyl (C=O) groups excluding carboxylic acids is 2. The molecule has 2 aromatic rings. The molecule has 7 heteroatoms. The molecule has 0 saturated heterocycles. The van der Waals surface area contributed by atoms with Gasteiger partial charge in [0.05, 0.1) is 0 Å². The SMILES string of the molecule is CC(C)NC(=O)NCCCCN1C(=O)C(c2ccccc2)(c2ccccc2)N=C1N. The third-order valence-electron chi connectivity index (χ3n) is 5.01. The van der Waals surface area contributed by atoms with E-state index in [2.05, 4.69) is 15.6 Å². The molecule has 3 amide bonds. The van der Waals surface area contributed by atoms with Crippen LogP contribution in [0.2, 0.25) is 0 Å². The molecule has 0 atom stereocenters. The van der Waals surface area contributed by atoms with Crippen molar-refractivity contribution in [2.75, 3.05) is 13.1 Å². The zero-order valence-electron chi connectivity index (χ0n) is 17.5. The van der Waals surface area contributed by atoms with Crippen molar-refractivity contribution in [1.29, 1.82) is 0 Å². The predicted molar refractivity (Wildman–Crippen MR) is 118 cm³/mol. The monoisotopic (exact) mass is 407 g/mol. The average molecular weight is 408 g/mol. The summed E-state index contributed by atoms with van der Waals surface area (Å²) >= 11 is 0. The van der Waals surface area contributed by atoms with Gasteiger partial charge in [0.15, 0.2) is 11.5 Å². The number of nitrogens with one attached hydrogen (secondary N) is 2. The Balaban J connectivity index is 1.70. The molecular weight excluding hydrogens is 378 g/mol. The summed E-state index contributed by atoms with van der Waals surface area (Å²) in [5.74, 6) is 0.0705. The molecule has 0 spiro atoms. The molecule has 1 heterocycles. The van der Waals surface area contributed by atoms with E-state index >= 15 is 0 Å². The fourth-order valence-electron chi connectivity index (χ4n) is 3.61. The highest BCUT2D eigenvalue weighted by Crippen LogP contribution is 2.39. The van der Waals surface area contributed by atoms with Crippen LogP contribution in [0.5, 0.6) is 0 Å². The minimum absolute atomic E-state index is 0.0901. The summed E-state index contributed by atoms with van der Waals surface area (Å²) in [6.07, 6.45) is 1.43. The molecular formula is C23H29N5O2. The van der Waals surface area contributed by atoms with E-state index in [1.54, 1.807) is 4.90 Å². The quantitative estimate of drug-likeness (QED) is 0.587. The molecule has 158 valence electrons. The Morgan fingerprint density at radius 2 is 1.60 bits per heavy atom. The van der Waals surface area contributed by atoms with Gasteiger partial charge in [0.1, 0.15) is 0 Å². The number of hydrogen-bond acceptors (Lipinski definition) is 4. The van der Waals surface area contributed by atoms with Crippen molar-refractivity contribution in [3.8, 4) is 0 Å². The van der Waals surface area contributed by atoms with Crippen LogP contribution in [0, 0.1) is 0 Å². The Bertz CT molecular complexity index is 857. The van der Waals surface area contributed by atoms with Crippen molar-refractivity contribution in [1.82, 2.24) is 15.5 Å². The smallest absolute Gasteiger partial charge is 0.314 e. The number of aliphatic imine (C=N–C) groups is 1. The normalized spacial score (nSPS) is 15.2. The van der Waals surface area contributed by atoms with E-state index in [9.17, 15) is 9.59 Å². The molecule has 2 aromatic carbocycles. The Kier molecular flexibility index (Phi) is 6.72. The molecule has 0 saturated carbocycles. The van der Waals surface area contributed by atoms with Gasteiger partial charge in [-0.15, -0.1) is 0 Å². The second-order valence-corrected chi connectivity index (χ2v) is 7.63. The average Bonchev–Trinajstić information content (AvgIpc) is 2.99. The van der Waals surface area contributed by atoms with E-state index in [4.69, 9.17) is 5.73 Å². The van der Waals surface area contributed by atoms with Gasteiger partial charge in [0, 0.05) is 19.1 Å². The van der Waals surface area contributed by atoms with Gasteiger partial charge in [-0.05, 0) is 37.8 Å². The zero-order chi connectivity index (χ0) is 21.6.